The monoisotopic (exact) mass is 371 g/mol. The molecule has 3 aromatic carbocycles. The van der Waals surface area contributed by atoms with Gasteiger partial charge in [0.1, 0.15) is 5.82 Å². The molecule has 0 aliphatic rings. The third kappa shape index (κ3) is 3.55. The highest BCUT2D eigenvalue weighted by Gasteiger charge is 2.17. The Balaban J connectivity index is 1.77. The summed E-state index contributed by atoms with van der Waals surface area (Å²) in [6, 6.07) is 25.0. The number of aryl methyl sites for hydroxylation is 1. The van der Waals surface area contributed by atoms with Gasteiger partial charge >= 0.3 is 0 Å². The lowest BCUT2D eigenvalue weighted by Gasteiger charge is -2.25. The predicted octanol–water partition coefficient (Wildman–Crippen LogP) is 5.17. The molecular formula is C23H18FN3O. The van der Waals surface area contributed by atoms with E-state index in [-0.39, 0.29) is 5.91 Å². The normalized spacial score (nSPS) is 10.6. The van der Waals surface area contributed by atoms with Crippen molar-refractivity contribution in [1.82, 2.24) is 10.4 Å². The molecule has 0 aliphatic carbocycles. The van der Waals surface area contributed by atoms with Gasteiger partial charge in [0.05, 0.1) is 22.5 Å². The standard InChI is InChI=1S/C23H18FN3O/c1-16-14-21(20-15-17(24)12-13-22(20)25-16)23(28)26-27(18-8-4-2-5-9-18)19-10-6-3-7-11-19/h2-15H,1H3,(H,26,28). The van der Waals surface area contributed by atoms with E-state index < -0.39 is 5.82 Å². The minimum atomic E-state index is -0.407. The van der Waals surface area contributed by atoms with Crippen molar-refractivity contribution >= 4 is 28.2 Å². The number of para-hydroxylation sites is 2. The van der Waals surface area contributed by atoms with Crippen molar-refractivity contribution in [3.63, 3.8) is 0 Å². The van der Waals surface area contributed by atoms with Gasteiger partial charge in [-0.15, -0.1) is 0 Å². The van der Waals surface area contributed by atoms with E-state index in [2.05, 4.69) is 10.4 Å². The summed E-state index contributed by atoms with van der Waals surface area (Å²) in [6.07, 6.45) is 0. The zero-order valence-electron chi connectivity index (χ0n) is 15.3. The van der Waals surface area contributed by atoms with Gasteiger partial charge in [0, 0.05) is 11.1 Å². The lowest BCUT2D eigenvalue weighted by Crippen LogP contribution is -2.39. The summed E-state index contributed by atoms with van der Waals surface area (Å²) in [5.41, 5.74) is 6.21. The number of halogens is 1. The zero-order chi connectivity index (χ0) is 19.5. The second-order valence-corrected chi connectivity index (χ2v) is 6.42. The number of carbonyl (C=O) groups excluding carboxylic acids is 1. The third-order valence-electron chi connectivity index (χ3n) is 4.39. The van der Waals surface area contributed by atoms with Crippen molar-refractivity contribution < 1.29 is 9.18 Å². The van der Waals surface area contributed by atoms with E-state index in [4.69, 9.17) is 0 Å². The minimum absolute atomic E-state index is 0.339. The highest BCUT2D eigenvalue weighted by molar-refractivity contribution is 6.07. The molecule has 28 heavy (non-hydrogen) atoms. The SMILES string of the molecule is Cc1cc(C(=O)NN(c2ccccc2)c2ccccc2)c2cc(F)ccc2n1. The molecule has 1 heterocycles. The highest BCUT2D eigenvalue weighted by atomic mass is 19.1. The van der Waals surface area contributed by atoms with Crippen LogP contribution in [-0.2, 0) is 0 Å². The number of nitrogens with zero attached hydrogens (tertiary/aromatic N) is 2. The van der Waals surface area contributed by atoms with Crippen LogP contribution in [0.2, 0.25) is 0 Å². The van der Waals surface area contributed by atoms with Crippen molar-refractivity contribution in [1.29, 1.82) is 0 Å². The molecule has 0 radical (unpaired) electrons. The summed E-state index contributed by atoms with van der Waals surface area (Å²) < 4.78 is 13.8. The largest absolute Gasteiger partial charge is 0.270 e. The number of rotatable bonds is 4. The Kier molecular flexibility index (Phi) is 4.72. The number of hydrogen-bond donors (Lipinski definition) is 1. The Labute approximate surface area is 162 Å². The molecule has 4 rings (SSSR count). The first kappa shape index (κ1) is 17.7. The van der Waals surface area contributed by atoms with E-state index in [1.165, 1.54) is 12.1 Å². The molecule has 0 saturated heterocycles. The number of pyridine rings is 1. The van der Waals surface area contributed by atoms with Crippen LogP contribution < -0.4 is 10.4 Å². The van der Waals surface area contributed by atoms with Gasteiger partial charge < -0.3 is 0 Å². The molecule has 1 N–H and O–H groups in total. The molecule has 1 aromatic heterocycles. The van der Waals surface area contributed by atoms with Crippen molar-refractivity contribution in [3.05, 3.63) is 102 Å². The Morgan fingerprint density at radius 2 is 1.50 bits per heavy atom. The number of hydrazine groups is 1. The molecular weight excluding hydrogens is 353 g/mol. The minimum Gasteiger partial charge on any atom is -0.267 e. The number of anilines is 2. The summed E-state index contributed by atoms with van der Waals surface area (Å²) in [5, 5.41) is 2.19. The van der Waals surface area contributed by atoms with Gasteiger partial charge in [-0.3, -0.25) is 20.2 Å². The summed E-state index contributed by atoms with van der Waals surface area (Å²) in [4.78, 5) is 17.6. The van der Waals surface area contributed by atoms with Crippen LogP contribution in [0, 0.1) is 12.7 Å². The molecule has 0 spiro atoms. The predicted molar refractivity (Wildman–Crippen MR) is 109 cm³/mol. The number of hydrogen-bond acceptors (Lipinski definition) is 3. The molecule has 0 atom stereocenters. The molecule has 5 heteroatoms. The molecule has 0 bridgehead atoms. The summed E-state index contributed by atoms with van der Waals surface area (Å²) in [5.74, 6) is -0.746. The van der Waals surface area contributed by atoms with Crippen LogP contribution in [0.25, 0.3) is 10.9 Å². The number of aromatic nitrogens is 1. The molecule has 4 nitrogen and oxygen atoms in total. The molecule has 4 aromatic rings. The van der Waals surface area contributed by atoms with Crippen molar-refractivity contribution in [2.24, 2.45) is 0 Å². The van der Waals surface area contributed by atoms with Crippen LogP contribution in [0.15, 0.2) is 84.9 Å². The molecule has 0 fully saturated rings. The zero-order valence-corrected chi connectivity index (χ0v) is 15.3. The number of benzene rings is 3. The first-order valence-corrected chi connectivity index (χ1v) is 8.90. The van der Waals surface area contributed by atoms with Gasteiger partial charge in [-0.05, 0) is 55.5 Å². The fourth-order valence-corrected chi connectivity index (χ4v) is 3.11. The van der Waals surface area contributed by atoms with Crippen LogP contribution in [-0.4, -0.2) is 10.9 Å². The number of amides is 1. The smallest absolute Gasteiger partial charge is 0.267 e. The van der Waals surface area contributed by atoms with Crippen LogP contribution in [0.3, 0.4) is 0 Å². The quantitative estimate of drug-likeness (QED) is 0.504. The van der Waals surface area contributed by atoms with Crippen LogP contribution in [0.1, 0.15) is 16.1 Å². The van der Waals surface area contributed by atoms with Crippen LogP contribution in [0.4, 0.5) is 15.8 Å². The molecule has 138 valence electrons. The van der Waals surface area contributed by atoms with Crippen molar-refractivity contribution in [2.45, 2.75) is 6.92 Å². The average Bonchev–Trinajstić information content (AvgIpc) is 2.73. The Morgan fingerprint density at radius 3 is 2.11 bits per heavy atom. The molecule has 0 unspecified atom stereocenters. The van der Waals surface area contributed by atoms with Crippen LogP contribution in [0.5, 0.6) is 0 Å². The summed E-state index contributed by atoms with van der Waals surface area (Å²) in [6.45, 7) is 1.81. The number of fused-ring (bicyclic) bond motifs is 1. The Bertz CT molecular complexity index is 1090. The van der Waals surface area contributed by atoms with Crippen LogP contribution >= 0.6 is 0 Å². The maximum absolute atomic E-state index is 13.8. The summed E-state index contributed by atoms with van der Waals surface area (Å²) in [7, 11) is 0. The molecule has 0 saturated carbocycles. The maximum Gasteiger partial charge on any atom is 0.270 e. The fourth-order valence-electron chi connectivity index (χ4n) is 3.11. The second-order valence-electron chi connectivity index (χ2n) is 6.42. The van der Waals surface area contributed by atoms with E-state index in [0.29, 0.717) is 22.2 Å². The van der Waals surface area contributed by atoms with Gasteiger partial charge in [-0.25, -0.2) is 4.39 Å². The van der Waals surface area contributed by atoms with E-state index in [9.17, 15) is 9.18 Å². The van der Waals surface area contributed by atoms with Crippen molar-refractivity contribution in [2.75, 3.05) is 5.01 Å². The molecule has 0 aliphatic heterocycles. The first-order chi connectivity index (χ1) is 13.6. The van der Waals surface area contributed by atoms with Gasteiger partial charge in [-0.2, -0.15) is 0 Å². The number of nitrogens with one attached hydrogen (secondary N) is 1. The summed E-state index contributed by atoms with van der Waals surface area (Å²) >= 11 is 0. The fraction of sp³-hybridized carbons (Fsp3) is 0.0435. The average molecular weight is 371 g/mol. The van der Waals surface area contributed by atoms with E-state index >= 15 is 0 Å². The molecule has 1 amide bonds. The first-order valence-electron chi connectivity index (χ1n) is 8.90. The van der Waals surface area contributed by atoms with Gasteiger partial charge in [-0.1, -0.05) is 36.4 Å². The van der Waals surface area contributed by atoms with E-state index in [1.54, 1.807) is 17.1 Å². The lowest BCUT2D eigenvalue weighted by atomic mass is 10.1. The third-order valence-corrected chi connectivity index (χ3v) is 4.39. The highest BCUT2D eigenvalue weighted by Crippen LogP contribution is 2.24. The topological polar surface area (TPSA) is 45.2 Å². The van der Waals surface area contributed by atoms with E-state index in [1.807, 2.05) is 67.6 Å². The lowest BCUT2D eigenvalue weighted by molar-refractivity contribution is 0.0955. The Hall–Kier alpha value is -3.73. The Morgan fingerprint density at radius 1 is 0.893 bits per heavy atom. The van der Waals surface area contributed by atoms with Crippen molar-refractivity contribution in [3.8, 4) is 0 Å². The van der Waals surface area contributed by atoms with Gasteiger partial charge in [0.2, 0.25) is 0 Å². The maximum atomic E-state index is 13.8. The van der Waals surface area contributed by atoms with Gasteiger partial charge in [0.25, 0.3) is 5.91 Å². The number of carbonyl (C=O) groups is 1. The second kappa shape index (κ2) is 7.48. The van der Waals surface area contributed by atoms with E-state index in [0.717, 1.165) is 11.4 Å². The van der Waals surface area contributed by atoms with Gasteiger partial charge in [0.15, 0.2) is 0 Å².